The third-order valence-corrected chi connectivity index (χ3v) is 4.01. The van der Waals surface area contributed by atoms with Crippen LogP contribution in [0.25, 0.3) is 0 Å². The van der Waals surface area contributed by atoms with E-state index in [4.69, 9.17) is 11.6 Å². The molecule has 1 aromatic rings. The summed E-state index contributed by atoms with van der Waals surface area (Å²) in [4.78, 5) is 26.1. The summed E-state index contributed by atoms with van der Waals surface area (Å²) >= 11 is 5.66. The first-order valence-corrected chi connectivity index (χ1v) is 7.01. The van der Waals surface area contributed by atoms with Crippen LogP contribution in [0.15, 0.2) is 15.7 Å². The lowest BCUT2D eigenvalue weighted by Crippen LogP contribution is -2.39. The monoisotopic (exact) mass is 270 g/mol. The van der Waals surface area contributed by atoms with Crippen molar-refractivity contribution < 1.29 is 0 Å². The van der Waals surface area contributed by atoms with Crippen molar-refractivity contribution in [1.29, 1.82) is 0 Å². The standard InChI is InChI=1S/C13H19ClN2O2/c1-2-3-9-4-6-10(7-5-9)16-12(17)8-11(14)15-13(16)18/h8-10H,2-7H2,1H3,(H,15,18). The summed E-state index contributed by atoms with van der Waals surface area (Å²) in [6.07, 6.45) is 6.49. The smallest absolute Gasteiger partial charge is 0.298 e. The van der Waals surface area contributed by atoms with Crippen LogP contribution in [0.4, 0.5) is 0 Å². The molecule has 0 unspecified atom stereocenters. The number of halogens is 1. The number of aromatic amines is 1. The lowest BCUT2D eigenvalue weighted by Gasteiger charge is -2.28. The molecular weight excluding hydrogens is 252 g/mol. The molecule has 5 heteroatoms. The Morgan fingerprint density at radius 2 is 2.00 bits per heavy atom. The van der Waals surface area contributed by atoms with Gasteiger partial charge in [0.05, 0.1) is 0 Å². The molecule has 1 heterocycles. The first-order chi connectivity index (χ1) is 8.61. The van der Waals surface area contributed by atoms with Crippen LogP contribution < -0.4 is 11.2 Å². The highest BCUT2D eigenvalue weighted by Crippen LogP contribution is 2.32. The average molecular weight is 271 g/mol. The summed E-state index contributed by atoms with van der Waals surface area (Å²) < 4.78 is 1.33. The van der Waals surface area contributed by atoms with Gasteiger partial charge in [0.25, 0.3) is 5.56 Å². The third-order valence-electron chi connectivity index (χ3n) is 3.81. The zero-order valence-corrected chi connectivity index (χ0v) is 11.4. The van der Waals surface area contributed by atoms with E-state index in [1.165, 1.54) is 23.5 Å². The van der Waals surface area contributed by atoms with Crippen LogP contribution in [0.2, 0.25) is 5.15 Å². The van der Waals surface area contributed by atoms with Crippen molar-refractivity contribution in [3.63, 3.8) is 0 Å². The van der Waals surface area contributed by atoms with Crippen LogP contribution in [-0.2, 0) is 0 Å². The minimum absolute atomic E-state index is 0.0339. The number of nitrogens with one attached hydrogen (secondary N) is 1. The highest BCUT2D eigenvalue weighted by atomic mass is 35.5. The van der Waals surface area contributed by atoms with Crippen LogP contribution >= 0.6 is 11.6 Å². The molecule has 1 saturated carbocycles. The van der Waals surface area contributed by atoms with Gasteiger partial charge in [-0.3, -0.25) is 14.3 Å². The molecule has 0 saturated heterocycles. The van der Waals surface area contributed by atoms with E-state index in [2.05, 4.69) is 11.9 Å². The van der Waals surface area contributed by atoms with E-state index in [1.807, 2.05) is 0 Å². The van der Waals surface area contributed by atoms with Crippen molar-refractivity contribution in [2.24, 2.45) is 5.92 Å². The van der Waals surface area contributed by atoms with Gasteiger partial charge in [0, 0.05) is 12.1 Å². The lowest BCUT2D eigenvalue weighted by molar-refractivity contribution is 0.254. The Hall–Kier alpha value is -1.03. The number of rotatable bonds is 3. The SMILES string of the molecule is CCCC1CCC(n2c(=O)cc(Cl)[nH]c2=O)CC1. The minimum Gasteiger partial charge on any atom is -0.298 e. The van der Waals surface area contributed by atoms with Gasteiger partial charge in [-0.05, 0) is 31.6 Å². The van der Waals surface area contributed by atoms with Crippen molar-refractivity contribution in [3.8, 4) is 0 Å². The molecular formula is C13H19ClN2O2. The Bertz CT molecular complexity index is 481. The topological polar surface area (TPSA) is 54.9 Å². The van der Waals surface area contributed by atoms with Gasteiger partial charge in [-0.15, -0.1) is 0 Å². The molecule has 0 aliphatic heterocycles. The van der Waals surface area contributed by atoms with E-state index in [0.29, 0.717) is 0 Å². The highest BCUT2D eigenvalue weighted by Gasteiger charge is 2.23. The van der Waals surface area contributed by atoms with Crippen molar-refractivity contribution >= 4 is 11.6 Å². The van der Waals surface area contributed by atoms with Crippen LogP contribution in [-0.4, -0.2) is 9.55 Å². The van der Waals surface area contributed by atoms with Gasteiger partial charge >= 0.3 is 5.69 Å². The maximum absolute atomic E-state index is 11.8. The molecule has 1 N–H and O–H groups in total. The second-order valence-corrected chi connectivity index (χ2v) is 5.50. The maximum Gasteiger partial charge on any atom is 0.329 e. The minimum atomic E-state index is -0.383. The van der Waals surface area contributed by atoms with Crippen molar-refractivity contribution in [2.45, 2.75) is 51.5 Å². The molecule has 0 atom stereocenters. The van der Waals surface area contributed by atoms with Gasteiger partial charge in [-0.2, -0.15) is 0 Å². The molecule has 18 heavy (non-hydrogen) atoms. The molecule has 0 aromatic carbocycles. The van der Waals surface area contributed by atoms with Gasteiger partial charge in [0.15, 0.2) is 0 Å². The van der Waals surface area contributed by atoms with Crippen LogP contribution in [0.5, 0.6) is 0 Å². The number of aromatic nitrogens is 2. The van der Waals surface area contributed by atoms with Crippen molar-refractivity contribution in [1.82, 2.24) is 9.55 Å². The van der Waals surface area contributed by atoms with E-state index in [9.17, 15) is 9.59 Å². The summed E-state index contributed by atoms with van der Waals surface area (Å²) in [6, 6.07) is 1.31. The highest BCUT2D eigenvalue weighted by molar-refractivity contribution is 6.29. The lowest BCUT2D eigenvalue weighted by atomic mass is 9.83. The van der Waals surface area contributed by atoms with E-state index in [1.54, 1.807) is 0 Å². The molecule has 2 rings (SSSR count). The normalized spacial score (nSPS) is 24.1. The first-order valence-electron chi connectivity index (χ1n) is 6.63. The van der Waals surface area contributed by atoms with E-state index >= 15 is 0 Å². The molecule has 4 nitrogen and oxygen atoms in total. The Morgan fingerprint density at radius 1 is 1.33 bits per heavy atom. The van der Waals surface area contributed by atoms with E-state index < -0.39 is 0 Å². The Morgan fingerprint density at radius 3 is 2.56 bits per heavy atom. The van der Waals surface area contributed by atoms with Crippen LogP contribution in [0.1, 0.15) is 51.5 Å². The summed E-state index contributed by atoms with van der Waals surface area (Å²) in [7, 11) is 0. The summed E-state index contributed by atoms with van der Waals surface area (Å²) in [5.74, 6) is 0.758. The molecule has 0 radical (unpaired) electrons. The average Bonchev–Trinajstić information content (AvgIpc) is 2.30. The zero-order chi connectivity index (χ0) is 13.1. The first kappa shape index (κ1) is 13.4. The second-order valence-electron chi connectivity index (χ2n) is 5.09. The van der Waals surface area contributed by atoms with Gasteiger partial charge in [0.1, 0.15) is 5.15 Å². The fourth-order valence-electron chi connectivity index (χ4n) is 2.92. The largest absolute Gasteiger partial charge is 0.329 e. The molecule has 1 aliphatic carbocycles. The molecule has 1 aliphatic rings. The predicted molar refractivity (Wildman–Crippen MR) is 72.2 cm³/mol. The Balaban J connectivity index is 2.15. The predicted octanol–water partition coefficient (Wildman–Crippen LogP) is 2.72. The van der Waals surface area contributed by atoms with Crippen LogP contribution in [0, 0.1) is 5.92 Å². The zero-order valence-electron chi connectivity index (χ0n) is 10.6. The molecule has 0 spiro atoms. The second kappa shape index (κ2) is 5.74. The molecule has 0 amide bonds. The van der Waals surface area contributed by atoms with E-state index in [0.717, 1.165) is 31.6 Å². The number of nitrogens with zero attached hydrogens (tertiary/aromatic N) is 1. The van der Waals surface area contributed by atoms with E-state index in [-0.39, 0.29) is 22.4 Å². The number of hydrogen-bond acceptors (Lipinski definition) is 2. The molecule has 1 fully saturated rings. The van der Waals surface area contributed by atoms with Gasteiger partial charge in [-0.25, -0.2) is 4.79 Å². The number of H-pyrrole nitrogens is 1. The fraction of sp³-hybridized carbons (Fsp3) is 0.692. The van der Waals surface area contributed by atoms with Crippen molar-refractivity contribution in [3.05, 3.63) is 32.1 Å². The Labute approximate surface area is 111 Å². The fourth-order valence-corrected chi connectivity index (χ4v) is 3.10. The summed E-state index contributed by atoms with van der Waals surface area (Å²) in [5.41, 5.74) is -0.672. The van der Waals surface area contributed by atoms with Gasteiger partial charge in [-0.1, -0.05) is 31.4 Å². The van der Waals surface area contributed by atoms with Gasteiger partial charge < -0.3 is 0 Å². The summed E-state index contributed by atoms with van der Waals surface area (Å²) in [6.45, 7) is 2.19. The summed E-state index contributed by atoms with van der Waals surface area (Å²) in [5, 5.41) is 0.112. The molecule has 0 bridgehead atoms. The molecule has 1 aromatic heterocycles. The van der Waals surface area contributed by atoms with Gasteiger partial charge in [0.2, 0.25) is 0 Å². The quantitative estimate of drug-likeness (QED) is 0.859. The Kier molecular flexibility index (Phi) is 4.27. The maximum atomic E-state index is 11.8. The molecule has 100 valence electrons. The third kappa shape index (κ3) is 2.86. The number of hydrogen-bond donors (Lipinski definition) is 1. The van der Waals surface area contributed by atoms with Crippen LogP contribution in [0.3, 0.4) is 0 Å². The van der Waals surface area contributed by atoms with Crippen molar-refractivity contribution in [2.75, 3.05) is 0 Å².